The number of anilines is 1. The van der Waals surface area contributed by atoms with E-state index in [1.165, 1.54) is 6.07 Å². The summed E-state index contributed by atoms with van der Waals surface area (Å²) in [6.45, 7) is 1.61. The van der Waals surface area contributed by atoms with Crippen LogP contribution in [0.25, 0.3) is 0 Å². The molecule has 1 aliphatic rings. The molecule has 28 heavy (non-hydrogen) atoms. The largest absolute Gasteiger partial charge is 0.496 e. The number of aromatic nitrogens is 1. The SMILES string of the molecule is COc1ccccc1CNC(=O)C1CCN(c2ccc(C(F)(F)F)c[nH+]2)CC1. The predicted molar refractivity (Wildman–Crippen MR) is 97.8 cm³/mol. The number of nitrogens with one attached hydrogen (secondary N) is 2. The van der Waals surface area contributed by atoms with Gasteiger partial charge in [-0.25, -0.2) is 4.98 Å². The first-order chi connectivity index (χ1) is 13.4. The Labute approximate surface area is 161 Å². The summed E-state index contributed by atoms with van der Waals surface area (Å²) in [7, 11) is 1.59. The van der Waals surface area contributed by atoms with Gasteiger partial charge in [-0.3, -0.25) is 9.69 Å². The molecule has 1 aromatic carbocycles. The first-order valence-electron chi connectivity index (χ1n) is 9.12. The summed E-state index contributed by atoms with van der Waals surface area (Å²) in [6, 6.07) is 10.0. The molecule has 0 atom stereocenters. The minimum Gasteiger partial charge on any atom is -0.496 e. The van der Waals surface area contributed by atoms with Crippen LogP contribution in [0.15, 0.2) is 42.6 Å². The van der Waals surface area contributed by atoms with Crippen molar-refractivity contribution < 1.29 is 27.7 Å². The number of piperidine rings is 1. The molecule has 0 bridgehead atoms. The third-order valence-corrected chi connectivity index (χ3v) is 4.98. The Kier molecular flexibility index (Phi) is 6.06. The number of aromatic amines is 1. The third kappa shape index (κ3) is 4.74. The van der Waals surface area contributed by atoms with Gasteiger partial charge in [-0.2, -0.15) is 13.2 Å². The number of rotatable bonds is 5. The summed E-state index contributed by atoms with van der Waals surface area (Å²) in [5, 5.41) is 2.95. The van der Waals surface area contributed by atoms with Crippen LogP contribution in [-0.4, -0.2) is 26.1 Å². The van der Waals surface area contributed by atoms with Crippen LogP contribution in [0, 0.1) is 5.92 Å². The van der Waals surface area contributed by atoms with Crippen LogP contribution in [-0.2, 0) is 17.5 Å². The summed E-state index contributed by atoms with van der Waals surface area (Å²) in [4.78, 5) is 17.1. The number of ether oxygens (including phenoxy) is 1. The number of H-pyrrole nitrogens is 1. The van der Waals surface area contributed by atoms with Crippen LogP contribution in [0.5, 0.6) is 5.75 Å². The zero-order valence-electron chi connectivity index (χ0n) is 15.6. The van der Waals surface area contributed by atoms with Crippen molar-refractivity contribution in [3.05, 3.63) is 53.7 Å². The molecule has 1 fully saturated rings. The van der Waals surface area contributed by atoms with Crippen molar-refractivity contribution in [2.24, 2.45) is 5.92 Å². The maximum absolute atomic E-state index is 12.7. The number of pyridine rings is 1. The quantitative estimate of drug-likeness (QED) is 0.848. The van der Waals surface area contributed by atoms with Crippen LogP contribution >= 0.6 is 0 Å². The maximum atomic E-state index is 12.7. The molecule has 1 amide bonds. The Morgan fingerprint density at radius 1 is 1.21 bits per heavy atom. The van der Waals surface area contributed by atoms with E-state index in [9.17, 15) is 18.0 Å². The van der Waals surface area contributed by atoms with Gasteiger partial charge in [0.2, 0.25) is 5.91 Å². The molecule has 0 spiro atoms. The van der Waals surface area contributed by atoms with E-state index in [-0.39, 0.29) is 11.8 Å². The molecule has 2 N–H and O–H groups in total. The lowest BCUT2D eigenvalue weighted by atomic mass is 9.95. The van der Waals surface area contributed by atoms with Crippen LogP contribution in [0.4, 0.5) is 19.0 Å². The standard InChI is InChI=1S/C20H22F3N3O2/c1-28-17-5-3-2-4-15(17)12-25-19(27)14-8-10-26(11-9-14)18-7-6-16(13-24-18)20(21,22)23/h2-7,13-14H,8-12H2,1H3,(H,25,27)/p+1. The first kappa shape index (κ1) is 20.0. The smallest absolute Gasteiger partial charge is 0.419 e. The molecule has 1 aliphatic heterocycles. The van der Waals surface area contributed by atoms with Gasteiger partial charge < -0.3 is 10.1 Å². The number of hydrogen-bond acceptors (Lipinski definition) is 3. The second-order valence-corrected chi connectivity index (χ2v) is 6.75. The Balaban J connectivity index is 1.51. The van der Waals surface area contributed by atoms with Crippen LogP contribution in [0.3, 0.4) is 0 Å². The van der Waals surface area contributed by atoms with Crippen molar-refractivity contribution in [3.63, 3.8) is 0 Å². The monoisotopic (exact) mass is 394 g/mol. The van der Waals surface area contributed by atoms with Crippen molar-refractivity contribution in [1.82, 2.24) is 5.32 Å². The van der Waals surface area contributed by atoms with Gasteiger partial charge in [-0.15, -0.1) is 0 Å². The fourth-order valence-electron chi connectivity index (χ4n) is 3.35. The van der Waals surface area contributed by atoms with E-state index in [0.29, 0.717) is 38.3 Å². The van der Waals surface area contributed by atoms with Gasteiger partial charge in [0.1, 0.15) is 11.9 Å². The second-order valence-electron chi connectivity index (χ2n) is 6.75. The van der Waals surface area contributed by atoms with E-state index in [4.69, 9.17) is 4.74 Å². The number of carbonyl (C=O) groups excluding carboxylic acids is 1. The lowest BCUT2D eigenvalue weighted by molar-refractivity contribution is -0.367. The molecule has 0 saturated carbocycles. The van der Waals surface area contributed by atoms with Crippen molar-refractivity contribution in [3.8, 4) is 5.75 Å². The fourth-order valence-corrected chi connectivity index (χ4v) is 3.35. The fraction of sp³-hybridized carbons (Fsp3) is 0.400. The predicted octanol–water partition coefficient (Wildman–Crippen LogP) is 3.06. The Hall–Kier alpha value is -2.77. The van der Waals surface area contributed by atoms with E-state index < -0.39 is 11.7 Å². The van der Waals surface area contributed by atoms with Crippen LogP contribution in [0.2, 0.25) is 0 Å². The number of para-hydroxylation sites is 1. The zero-order chi connectivity index (χ0) is 20.1. The number of methoxy groups -OCH3 is 1. The zero-order valence-corrected chi connectivity index (χ0v) is 15.6. The Morgan fingerprint density at radius 2 is 1.93 bits per heavy atom. The molecule has 1 saturated heterocycles. The summed E-state index contributed by atoms with van der Waals surface area (Å²) in [5.74, 6) is 1.23. The highest BCUT2D eigenvalue weighted by Crippen LogP contribution is 2.29. The average Bonchev–Trinajstić information content (AvgIpc) is 2.72. The molecule has 5 nitrogen and oxygen atoms in total. The van der Waals surface area contributed by atoms with Gasteiger partial charge in [0.05, 0.1) is 25.8 Å². The van der Waals surface area contributed by atoms with Crippen molar-refractivity contribution >= 4 is 11.7 Å². The van der Waals surface area contributed by atoms with Crippen molar-refractivity contribution in [2.75, 3.05) is 25.1 Å². The number of halogens is 3. The van der Waals surface area contributed by atoms with E-state index in [0.717, 1.165) is 23.6 Å². The summed E-state index contributed by atoms with van der Waals surface area (Å²) in [5.41, 5.74) is 0.206. The van der Waals surface area contributed by atoms with Crippen molar-refractivity contribution in [2.45, 2.75) is 25.6 Å². The van der Waals surface area contributed by atoms with Gasteiger partial charge in [0.15, 0.2) is 0 Å². The topological polar surface area (TPSA) is 55.7 Å². The van der Waals surface area contributed by atoms with Gasteiger partial charge in [0.25, 0.3) is 5.82 Å². The number of nitrogens with zero attached hydrogens (tertiary/aromatic N) is 1. The minimum atomic E-state index is -4.36. The Bertz CT molecular complexity index is 801. The van der Waals surface area contributed by atoms with E-state index >= 15 is 0 Å². The molecule has 1 aromatic heterocycles. The number of carbonyl (C=O) groups is 1. The number of alkyl halides is 3. The van der Waals surface area contributed by atoms with E-state index in [1.807, 2.05) is 29.2 Å². The van der Waals surface area contributed by atoms with Gasteiger partial charge in [0, 0.05) is 24.1 Å². The molecule has 0 radical (unpaired) electrons. The van der Waals surface area contributed by atoms with Gasteiger partial charge in [-0.05, 0) is 25.0 Å². The highest BCUT2D eigenvalue weighted by Gasteiger charge is 2.33. The Morgan fingerprint density at radius 3 is 2.54 bits per heavy atom. The average molecular weight is 394 g/mol. The molecule has 2 heterocycles. The summed E-state index contributed by atoms with van der Waals surface area (Å²) >= 11 is 0. The molecule has 0 unspecified atom stereocenters. The van der Waals surface area contributed by atoms with E-state index in [1.54, 1.807) is 7.11 Å². The molecular formula is C20H23F3N3O2+. The lowest BCUT2D eigenvalue weighted by Gasteiger charge is -2.27. The number of benzene rings is 1. The normalized spacial score (nSPS) is 15.4. The molecule has 8 heteroatoms. The number of amides is 1. The van der Waals surface area contributed by atoms with Crippen molar-refractivity contribution in [1.29, 1.82) is 0 Å². The minimum absolute atomic E-state index is 0.0121. The lowest BCUT2D eigenvalue weighted by Crippen LogP contribution is -2.42. The van der Waals surface area contributed by atoms with E-state index in [2.05, 4.69) is 10.3 Å². The summed E-state index contributed by atoms with van der Waals surface area (Å²) in [6.07, 6.45) is -2.10. The molecular weight excluding hydrogens is 371 g/mol. The highest BCUT2D eigenvalue weighted by molar-refractivity contribution is 5.79. The first-order valence-corrected chi connectivity index (χ1v) is 9.12. The molecule has 3 rings (SSSR count). The van der Waals surface area contributed by atoms with Gasteiger partial charge in [-0.1, -0.05) is 18.2 Å². The maximum Gasteiger partial charge on any atom is 0.419 e. The third-order valence-electron chi connectivity index (χ3n) is 4.98. The van der Waals surface area contributed by atoms with Crippen LogP contribution in [0.1, 0.15) is 24.0 Å². The number of hydrogen-bond donors (Lipinski definition) is 1. The van der Waals surface area contributed by atoms with Crippen LogP contribution < -0.4 is 19.9 Å². The summed E-state index contributed by atoms with van der Waals surface area (Å²) < 4.78 is 43.3. The highest BCUT2D eigenvalue weighted by atomic mass is 19.4. The molecule has 150 valence electrons. The van der Waals surface area contributed by atoms with Gasteiger partial charge >= 0.3 is 6.18 Å². The molecule has 0 aliphatic carbocycles. The molecule has 2 aromatic rings. The second kappa shape index (κ2) is 8.50.